The second-order valence-corrected chi connectivity index (χ2v) is 10.4. The van der Waals surface area contributed by atoms with E-state index >= 15 is 0 Å². The van der Waals surface area contributed by atoms with Crippen LogP contribution in [-0.2, 0) is 4.74 Å². The highest BCUT2D eigenvalue weighted by Crippen LogP contribution is 2.54. The lowest BCUT2D eigenvalue weighted by Crippen LogP contribution is -2.80. The zero-order valence-corrected chi connectivity index (χ0v) is 15.8. The maximum atomic E-state index is 12.1. The third-order valence-corrected chi connectivity index (χ3v) is 5.02. The Morgan fingerprint density at radius 1 is 1.04 bits per heavy atom. The number of likely N-dealkylation sites (tertiary alicyclic amines) is 1. The number of carbonyl (C=O) groups is 1. The topological polar surface area (TPSA) is 75.8 Å². The standard InChI is InChI=1S/C18H34N2O3/c1-14(2,3)23-13(21)20-11-17(19,12-20)18(22)9-15(4,5)8-16(6,7)10-18/h22H,8-12,19H2,1-7H3. The maximum absolute atomic E-state index is 12.1. The second kappa shape index (κ2) is 5.09. The molecule has 0 aromatic rings. The van der Waals surface area contributed by atoms with E-state index < -0.39 is 16.7 Å². The summed E-state index contributed by atoms with van der Waals surface area (Å²) in [6.07, 6.45) is 2.05. The number of rotatable bonds is 1. The summed E-state index contributed by atoms with van der Waals surface area (Å²) in [6, 6.07) is 0. The number of amides is 1. The van der Waals surface area contributed by atoms with Crippen LogP contribution in [0.3, 0.4) is 0 Å². The third kappa shape index (κ3) is 3.82. The molecule has 5 nitrogen and oxygen atoms in total. The van der Waals surface area contributed by atoms with Crippen molar-refractivity contribution in [1.82, 2.24) is 4.90 Å². The molecule has 0 radical (unpaired) electrons. The quantitative estimate of drug-likeness (QED) is 0.777. The Labute approximate surface area is 140 Å². The number of hydrogen-bond acceptors (Lipinski definition) is 4. The maximum Gasteiger partial charge on any atom is 0.410 e. The Bertz CT molecular complexity index is 469. The molecule has 1 amide bonds. The number of nitrogens with zero attached hydrogens (tertiary/aromatic N) is 1. The van der Waals surface area contributed by atoms with Gasteiger partial charge in [-0.1, -0.05) is 27.7 Å². The fraction of sp³-hybridized carbons (Fsp3) is 0.944. The lowest BCUT2D eigenvalue weighted by atomic mass is 9.54. The summed E-state index contributed by atoms with van der Waals surface area (Å²) in [5.74, 6) is 0. The summed E-state index contributed by atoms with van der Waals surface area (Å²) in [4.78, 5) is 13.7. The first-order chi connectivity index (χ1) is 10.1. The van der Waals surface area contributed by atoms with Gasteiger partial charge in [-0.2, -0.15) is 0 Å². The fourth-order valence-electron chi connectivity index (χ4n) is 4.80. The lowest BCUT2D eigenvalue weighted by Gasteiger charge is -2.61. The van der Waals surface area contributed by atoms with Gasteiger partial charge in [0, 0.05) is 13.1 Å². The summed E-state index contributed by atoms with van der Waals surface area (Å²) < 4.78 is 5.39. The van der Waals surface area contributed by atoms with Crippen molar-refractivity contribution in [3.05, 3.63) is 0 Å². The lowest BCUT2D eigenvalue weighted by molar-refractivity contribution is -0.166. The van der Waals surface area contributed by atoms with Gasteiger partial charge in [-0.15, -0.1) is 0 Å². The van der Waals surface area contributed by atoms with E-state index in [1.54, 1.807) is 4.90 Å². The predicted molar refractivity (Wildman–Crippen MR) is 91.1 cm³/mol. The molecule has 3 N–H and O–H groups in total. The zero-order chi connectivity index (χ0) is 17.9. The summed E-state index contributed by atoms with van der Waals surface area (Å²) in [7, 11) is 0. The minimum Gasteiger partial charge on any atom is -0.444 e. The molecule has 2 fully saturated rings. The minimum absolute atomic E-state index is 0.0369. The van der Waals surface area contributed by atoms with Crippen molar-refractivity contribution in [2.45, 2.75) is 84.5 Å². The van der Waals surface area contributed by atoms with Crippen LogP contribution in [0.1, 0.15) is 67.7 Å². The average molecular weight is 326 g/mol. The molecule has 0 bridgehead atoms. The molecule has 0 aromatic heterocycles. The van der Waals surface area contributed by atoms with Gasteiger partial charge in [0.15, 0.2) is 0 Å². The van der Waals surface area contributed by atoms with Crippen molar-refractivity contribution < 1.29 is 14.6 Å². The number of ether oxygens (including phenoxy) is 1. The summed E-state index contributed by atoms with van der Waals surface area (Å²) >= 11 is 0. The first kappa shape index (κ1) is 18.5. The molecule has 1 saturated heterocycles. The molecule has 1 aliphatic heterocycles. The Kier molecular flexibility index (Phi) is 4.10. The van der Waals surface area contributed by atoms with Gasteiger partial charge in [0.1, 0.15) is 5.60 Å². The van der Waals surface area contributed by atoms with Crippen molar-refractivity contribution in [3.63, 3.8) is 0 Å². The number of nitrogens with two attached hydrogens (primary N) is 1. The van der Waals surface area contributed by atoms with E-state index in [4.69, 9.17) is 10.5 Å². The monoisotopic (exact) mass is 326 g/mol. The fourth-order valence-corrected chi connectivity index (χ4v) is 4.80. The largest absolute Gasteiger partial charge is 0.444 e. The molecule has 5 heteroatoms. The molecule has 134 valence electrons. The van der Waals surface area contributed by atoms with Gasteiger partial charge in [0.2, 0.25) is 0 Å². The SMILES string of the molecule is CC1(C)CC(C)(C)CC(O)(C2(N)CN(C(=O)OC(C)(C)C)C2)C1. The van der Waals surface area contributed by atoms with Crippen molar-refractivity contribution in [1.29, 1.82) is 0 Å². The van der Waals surface area contributed by atoms with E-state index in [-0.39, 0.29) is 16.9 Å². The molecule has 0 unspecified atom stereocenters. The Morgan fingerprint density at radius 2 is 1.48 bits per heavy atom. The highest BCUT2D eigenvalue weighted by Gasteiger charge is 2.61. The highest BCUT2D eigenvalue weighted by molar-refractivity contribution is 5.70. The first-order valence-electron chi connectivity index (χ1n) is 8.56. The van der Waals surface area contributed by atoms with Crippen molar-refractivity contribution in [2.24, 2.45) is 16.6 Å². The van der Waals surface area contributed by atoms with Crippen LogP contribution in [0, 0.1) is 10.8 Å². The Balaban J connectivity index is 2.09. The highest BCUT2D eigenvalue weighted by atomic mass is 16.6. The van der Waals surface area contributed by atoms with Gasteiger partial charge in [-0.3, -0.25) is 0 Å². The number of hydrogen-bond donors (Lipinski definition) is 2. The zero-order valence-electron chi connectivity index (χ0n) is 15.8. The van der Waals surface area contributed by atoms with E-state index in [1.165, 1.54) is 0 Å². The van der Waals surface area contributed by atoms with Crippen molar-refractivity contribution in [3.8, 4) is 0 Å². The van der Waals surface area contributed by atoms with E-state index in [2.05, 4.69) is 27.7 Å². The van der Waals surface area contributed by atoms with Crippen LogP contribution in [0.4, 0.5) is 4.79 Å². The molecule has 2 rings (SSSR count). The van der Waals surface area contributed by atoms with Gasteiger partial charge in [0.05, 0.1) is 11.1 Å². The first-order valence-corrected chi connectivity index (χ1v) is 8.56. The second-order valence-electron chi connectivity index (χ2n) is 10.4. The number of aliphatic hydroxyl groups is 1. The van der Waals surface area contributed by atoms with Crippen LogP contribution >= 0.6 is 0 Å². The molecule has 1 heterocycles. The van der Waals surface area contributed by atoms with E-state index in [1.807, 2.05) is 20.8 Å². The normalized spacial score (nSPS) is 28.0. The minimum atomic E-state index is -0.948. The van der Waals surface area contributed by atoms with Crippen LogP contribution in [0.2, 0.25) is 0 Å². The molecule has 23 heavy (non-hydrogen) atoms. The van der Waals surface area contributed by atoms with E-state index in [9.17, 15) is 9.90 Å². The van der Waals surface area contributed by atoms with Crippen LogP contribution in [0.25, 0.3) is 0 Å². The number of carbonyl (C=O) groups excluding carboxylic acids is 1. The molecular weight excluding hydrogens is 292 g/mol. The molecule has 1 saturated carbocycles. The molecule has 0 atom stereocenters. The van der Waals surface area contributed by atoms with E-state index in [0.29, 0.717) is 25.9 Å². The van der Waals surface area contributed by atoms with Crippen LogP contribution in [0.15, 0.2) is 0 Å². The average Bonchev–Trinajstić information content (AvgIpc) is 2.15. The smallest absolute Gasteiger partial charge is 0.410 e. The van der Waals surface area contributed by atoms with Crippen LogP contribution in [0.5, 0.6) is 0 Å². The van der Waals surface area contributed by atoms with Crippen LogP contribution < -0.4 is 5.73 Å². The summed E-state index contributed by atoms with van der Waals surface area (Å²) in [5.41, 5.74) is 4.40. The molecule has 2 aliphatic rings. The Hall–Kier alpha value is -0.810. The van der Waals surface area contributed by atoms with Crippen molar-refractivity contribution in [2.75, 3.05) is 13.1 Å². The summed E-state index contributed by atoms with van der Waals surface area (Å²) in [6.45, 7) is 15.0. The Morgan fingerprint density at radius 3 is 1.87 bits per heavy atom. The predicted octanol–water partition coefficient (Wildman–Crippen LogP) is 2.90. The molecule has 0 spiro atoms. The van der Waals surface area contributed by atoms with Gasteiger partial charge in [-0.25, -0.2) is 4.79 Å². The van der Waals surface area contributed by atoms with E-state index in [0.717, 1.165) is 6.42 Å². The van der Waals surface area contributed by atoms with Crippen LogP contribution in [-0.4, -0.2) is 45.9 Å². The summed E-state index contributed by atoms with van der Waals surface area (Å²) in [5, 5.41) is 11.3. The molecule has 1 aliphatic carbocycles. The van der Waals surface area contributed by atoms with Gasteiger partial charge in [-0.05, 0) is 50.9 Å². The van der Waals surface area contributed by atoms with Gasteiger partial charge < -0.3 is 20.5 Å². The van der Waals surface area contributed by atoms with Crippen molar-refractivity contribution >= 4 is 6.09 Å². The van der Waals surface area contributed by atoms with Gasteiger partial charge >= 0.3 is 6.09 Å². The van der Waals surface area contributed by atoms with Gasteiger partial charge in [0.25, 0.3) is 0 Å². The third-order valence-electron chi connectivity index (χ3n) is 5.02. The molecular formula is C18H34N2O3. The molecule has 0 aromatic carbocycles.